The number of carbonyl (C=O) groups is 2. The van der Waals surface area contributed by atoms with Crippen LogP contribution in [0.3, 0.4) is 0 Å². The van der Waals surface area contributed by atoms with Crippen LogP contribution >= 0.6 is 11.6 Å². The maximum atomic E-state index is 11.6. The molecule has 0 radical (unpaired) electrons. The molecule has 1 aliphatic heterocycles. The van der Waals surface area contributed by atoms with Crippen molar-refractivity contribution in [3.63, 3.8) is 0 Å². The monoisotopic (exact) mass is 212 g/mol. The highest BCUT2D eigenvalue weighted by Gasteiger charge is 2.68. The fraction of sp³-hybridized carbons (Fsp3) is 0.600. The number of ether oxygens (including phenoxy) is 1. The second-order valence-corrected chi connectivity index (χ2v) is 4.52. The molecule has 1 saturated carbocycles. The molecule has 74 valence electrons. The number of carbonyl (C=O) groups excluding carboxylic acids is 2. The molecule has 0 spiro atoms. The first-order valence-corrected chi connectivity index (χ1v) is 5.24. The average molecular weight is 213 g/mol. The molecule has 2 unspecified atom stereocenters. The highest BCUT2D eigenvalue weighted by molar-refractivity contribution is 6.21. The number of alkyl halides is 1. The summed E-state index contributed by atoms with van der Waals surface area (Å²) in [5.74, 6) is -0.658. The van der Waals surface area contributed by atoms with Gasteiger partial charge in [-0.25, -0.2) is 0 Å². The van der Waals surface area contributed by atoms with E-state index in [9.17, 15) is 9.59 Å². The summed E-state index contributed by atoms with van der Waals surface area (Å²) in [6, 6.07) is 0. The van der Waals surface area contributed by atoms with Gasteiger partial charge in [-0.15, -0.1) is 11.6 Å². The first-order chi connectivity index (χ1) is 6.70. The van der Waals surface area contributed by atoms with E-state index in [0.717, 1.165) is 6.42 Å². The Bertz CT molecular complexity index is 362. The van der Waals surface area contributed by atoms with E-state index in [1.807, 2.05) is 12.2 Å². The van der Waals surface area contributed by atoms with Crippen LogP contribution in [0.5, 0.6) is 0 Å². The Kier molecular flexibility index (Phi) is 1.45. The van der Waals surface area contributed by atoms with Gasteiger partial charge < -0.3 is 4.74 Å². The minimum absolute atomic E-state index is 0.106. The van der Waals surface area contributed by atoms with E-state index in [-0.39, 0.29) is 29.6 Å². The largest absolute Gasteiger partial charge is 0.392 e. The molecule has 3 nitrogen and oxygen atoms in total. The van der Waals surface area contributed by atoms with Crippen LogP contribution in [-0.2, 0) is 14.3 Å². The molecule has 2 bridgehead atoms. The smallest absolute Gasteiger partial charge is 0.322 e. The fourth-order valence-corrected chi connectivity index (χ4v) is 3.59. The third kappa shape index (κ3) is 0.682. The van der Waals surface area contributed by atoms with Crippen LogP contribution in [0.15, 0.2) is 12.2 Å². The van der Waals surface area contributed by atoms with E-state index in [2.05, 4.69) is 0 Å². The molecule has 14 heavy (non-hydrogen) atoms. The summed E-state index contributed by atoms with van der Waals surface area (Å²) in [6.45, 7) is 0. The molecular formula is C10H9ClO3. The summed E-state index contributed by atoms with van der Waals surface area (Å²) in [6.07, 6.45) is 4.89. The fourth-order valence-electron chi connectivity index (χ4n) is 3.12. The van der Waals surface area contributed by atoms with E-state index in [4.69, 9.17) is 16.3 Å². The minimum Gasteiger partial charge on any atom is -0.392 e. The molecule has 2 aliphatic carbocycles. The number of esters is 2. The van der Waals surface area contributed by atoms with Crippen LogP contribution in [-0.4, -0.2) is 17.8 Å². The Hall–Kier alpha value is -0.830. The van der Waals surface area contributed by atoms with Gasteiger partial charge in [-0.2, -0.15) is 0 Å². The van der Waals surface area contributed by atoms with E-state index in [0.29, 0.717) is 0 Å². The number of rotatable bonds is 1. The van der Waals surface area contributed by atoms with Gasteiger partial charge in [0.25, 0.3) is 0 Å². The maximum absolute atomic E-state index is 11.6. The number of hydrogen-bond acceptors (Lipinski definition) is 3. The first-order valence-electron chi connectivity index (χ1n) is 4.70. The quantitative estimate of drug-likeness (QED) is 0.283. The second-order valence-electron chi connectivity index (χ2n) is 4.25. The predicted octanol–water partition coefficient (Wildman–Crippen LogP) is 1.12. The SMILES string of the molecule is O=C1OC(=O)C2(CCl)C1[C@@H]1C=C[C@H]2C1. The molecule has 0 aromatic carbocycles. The average Bonchev–Trinajstić information content (AvgIpc) is 2.78. The van der Waals surface area contributed by atoms with E-state index in [1.165, 1.54) is 0 Å². The molecule has 4 heteroatoms. The molecule has 1 heterocycles. The second kappa shape index (κ2) is 2.40. The highest BCUT2D eigenvalue weighted by atomic mass is 35.5. The van der Waals surface area contributed by atoms with Gasteiger partial charge in [0.2, 0.25) is 0 Å². The summed E-state index contributed by atoms with van der Waals surface area (Å²) < 4.78 is 4.70. The van der Waals surface area contributed by atoms with Gasteiger partial charge in [-0.3, -0.25) is 9.59 Å². The van der Waals surface area contributed by atoms with Crippen molar-refractivity contribution >= 4 is 23.5 Å². The lowest BCUT2D eigenvalue weighted by molar-refractivity contribution is -0.156. The molecule has 2 fully saturated rings. The lowest BCUT2D eigenvalue weighted by Gasteiger charge is -2.28. The zero-order valence-electron chi connectivity index (χ0n) is 7.40. The zero-order valence-corrected chi connectivity index (χ0v) is 8.16. The molecule has 0 aromatic rings. The Morgan fingerprint density at radius 1 is 1.50 bits per heavy atom. The van der Waals surface area contributed by atoms with Gasteiger partial charge in [0.05, 0.1) is 5.92 Å². The summed E-state index contributed by atoms with van der Waals surface area (Å²) in [4.78, 5) is 23.1. The first kappa shape index (κ1) is 8.48. The number of cyclic esters (lactones) is 2. The summed E-state index contributed by atoms with van der Waals surface area (Å²) in [5.41, 5.74) is -0.738. The Balaban J connectivity index is 2.16. The number of fused-ring (bicyclic) bond motifs is 5. The van der Waals surface area contributed by atoms with Crippen LogP contribution in [0.2, 0.25) is 0 Å². The normalized spacial score (nSPS) is 48.5. The van der Waals surface area contributed by atoms with Crippen molar-refractivity contribution in [1.82, 2.24) is 0 Å². The Labute approximate surface area is 86.1 Å². The number of allylic oxidation sites excluding steroid dienone is 2. The standard InChI is InChI=1S/C10H9ClO3/c11-4-10-6-2-1-5(3-6)7(10)8(12)14-9(10)13/h1-2,5-7H,3-4H2/t5-,6+,7?,10?/m1/s1. The van der Waals surface area contributed by atoms with Gasteiger partial charge in [0, 0.05) is 5.88 Å². The molecule has 3 aliphatic rings. The molecule has 0 amide bonds. The molecule has 3 rings (SSSR count). The van der Waals surface area contributed by atoms with Crippen molar-refractivity contribution in [2.75, 3.05) is 5.88 Å². The minimum atomic E-state index is -0.738. The van der Waals surface area contributed by atoms with Gasteiger partial charge in [0.15, 0.2) is 0 Å². The topological polar surface area (TPSA) is 43.4 Å². The van der Waals surface area contributed by atoms with E-state index in [1.54, 1.807) is 0 Å². The summed E-state index contributed by atoms with van der Waals surface area (Å²) >= 11 is 5.87. The number of halogens is 1. The van der Waals surface area contributed by atoms with Crippen LogP contribution < -0.4 is 0 Å². The molecule has 0 N–H and O–H groups in total. The molecule has 0 aromatic heterocycles. The molecular weight excluding hydrogens is 204 g/mol. The number of hydrogen-bond donors (Lipinski definition) is 0. The third-order valence-corrected chi connectivity index (χ3v) is 4.25. The maximum Gasteiger partial charge on any atom is 0.322 e. The van der Waals surface area contributed by atoms with E-state index >= 15 is 0 Å². The third-order valence-electron chi connectivity index (χ3n) is 3.81. The van der Waals surface area contributed by atoms with Gasteiger partial charge >= 0.3 is 11.9 Å². The van der Waals surface area contributed by atoms with Crippen LogP contribution in [0, 0.1) is 23.2 Å². The van der Waals surface area contributed by atoms with Gasteiger partial charge in [0.1, 0.15) is 5.41 Å². The van der Waals surface area contributed by atoms with Gasteiger partial charge in [-0.05, 0) is 18.3 Å². The highest BCUT2D eigenvalue weighted by Crippen LogP contribution is 2.60. The van der Waals surface area contributed by atoms with Gasteiger partial charge in [-0.1, -0.05) is 12.2 Å². The van der Waals surface area contributed by atoms with E-state index < -0.39 is 11.4 Å². The summed E-state index contributed by atoms with van der Waals surface area (Å²) in [5, 5.41) is 0. The van der Waals surface area contributed by atoms with Crippen molar-refractivity contribution in [3.05, 3.63) is 12.2 Å². The zero-order chi connectivity index (χ0) is 9.92. The van der Waals surface area contributed by atoms with Crippen LogP contribution in [0.4, 0.5) is 0 Å². The summed E-state index contributed by atoms with van der Waals surface area (Å²) in [7, 11) is 0. The van der Waals surface area contributed by atoms with Crippen molar-refractivity contribution < 1.29 is 14.3 Å². The Morgan fingerprint density at radius 3 is 2.93 bits per heavy atom. The van der Waals surface area contributed by atoms with Crippen LogP contribution in [0.25, 0.3) is 0 Å². The van der Waals surface area contributed by atoms with Crippen molar-refractivity contribution in [2.24, 2.45) is 23.2 Å². The Morgan fingerprint density at radius 2 is 2.29 bits per heavy atom. The van der Waals surface area contributed by atoms with Crippen molar-refractivity contribution in [3.8, 4) is 0 Å². The lowest BCUT2D eigenvalue weighted by atomic mass is 9.71. The molecule has 4 atom stereocenters. The lowest BCUT2D eigenvalue weighted by Crippen LogP contribution is -2.39. The van der Waals surface area contributed by atoms with Crippen LogP contribution in [0.1, 0.15) is 6.42 Å². The van der Waals surface area contributed by atoms with Crippen molar-refractivity contribution in [2.45, 2.75) is 6.42 Å². The van der Waals surface area contributed by atoms with Crippen molar-refractivity contribution in [1.29, 1.82) is 0 Å². The predicted molar refractivity (Wildman–Crippen MR) is 48.5 cm³/mol. The molecule has 1 saturated heterocycles.